The van der Waals surface area contributed by atoms with E-state index in [0.717, 1.165) is 26.7 Å². The van der Waals surface area contributed by atoms with Crippen molar-refractivity contribution in [1.82, 2.24) is 9.88 Å². The summed E-state index contributed by atoms with van der Waals surface area (Å²) in [6.45, 7) is 2.68. The van der Waals surface area contributed by atoms with Crippen LogP contribution in [0.15, 0.2) is 47.4 Å². The highest BCUT2D eigenvalue weighted by atomic mass is 32.2. The second-order valence-corrected chi connectivity index (χ2v) is 10.3. The lowest BCUT2D eigenvalue weighted by Gasteiger charge is -2.34. The van der Waals surface area contributed by atoms with Crippen LogP contribution in [-0.4, -0.2) is 63.8 Å². The van der Waals surface area contributed by atoms with Crippen molar-refractivity contribution in [1.29, 1.82) is 0 Å². The third kappa shape index (κ3) is 4.41. The molecule has 0 atom stereocenters. The van der Waals surface area contributed by atoms with E-state index in [2.05, 4.69) is 9.88 Å². The van der Waals surface area contributed by atoms with Gasteiger partial charge in [0.1, 0.15) is 5.75 Å². The molecule has 0 radical (unpaired) electrons. The quantitative estimate of drug-likeness (QED) is 0.601. The highest BCUT2D eigenvalue weighted by molar-refractivity contribution is 7.90. The Bertz CT molecular complexity index is 1160. The molecule has 7 nitrogen and oxygen atoms in total. The van der Waals surface area contributed by atoms with Gasteiger partial charge in [-0.05, 0) is 35.9 Å². The minimum atomic E-state index is -3.24. The Morgan fingerprint density at radius 2 is 1.80 bits per heavy atom. The van der Waals surface area contributed by atoms with Crippen molar-refractivity contribution in [3.63, 3.8) is 0 Å². The number of benzene rings is 2. The van der Waals surface area contributed by atoms with E-state index in [-0.39, 0.29) is 5.91 Å². The average Bonchev–Trinajstić information content (AvgIpc) is 3.17. The Morgan fingerprint density at radius 1 is 1.10 bits per heavy atom. The number of nitrogens with zero attached hydrogens (tertiary/aromatic N) is 3. The van der Waals surface area contributed by atoms with Gasteiger partial charge < -0.3 is 14.5 Å². The predicted molar refractivity (Wildman–Crippen MR) is 118 cm³/mol. The molecule has 0 unspecified atom stereocenters. The summed E-state index contributed by atoms with van der Waals surface area (Å²) in [5.74, 6) is 0.890. The van der Waals surface area contributed by atoms with E-state index in [4.69, 9.17) is 4.74 Å². The Morgan fingerprint density at radius 3 is 2.43 bits per heavy atom. The first-order valence-electron chi connectivity index (χ1n) is 9.60. The summed E-state index contributed by atoms with van der Waals surface area (Å²) in [5, 5.41) is 0.859. The number of fused-ring (bicyclic) bond motifs is 1. The summed E-state index contributed by atoms with van der Waals surface area (Å²) >= 11 is 1.48. The maximum Gasteiger partial charge on any atom is 0.227 e. The number of carbonyl (C=O) groups is 1. The number of anilines is 1. The van der Waals surface area contributed by atoms with Gasteiger partial charge in [0, 0.05) is 32.4 Å². The first-order chi connectivity index (χ1) is 14.3. The maximum atomic E-state index is 12.6. The first-order valence-corrected chi connectivity index (χ1v) is 12.3. The summed E-state index contributed by atoms with van der Waals surface area (Å²) in [6, 6.07) is 12.6. The van der Waals surface area contributed by atoms with Crippen molar-refractivity contribution >= 4 is 42.4 Å². The van der Waals surface area contributed by atoms with Crippen molar-refractivity contribution in [3.05, 3.63) is 48.0 Å². The van der Waals surface area contributed by atoms with Crippen molar-refractivity contribution in [2.24, 2.45) is 0 Å². The van der Waals surface area contributed by atoms with Crippen LogP contribution < -0.4 is 9.64 Å². The summed E-state index contributed by atoms with van der Waals surface area (Å²) in [5.41, 5.74) is 1.76. The molecular formula is C21H23N3O4S2. The van der Waals surface area contributed by atoms with Gasteiger partial charge in [-0.1, -0.05) is 23.5 Å². The van der Waals surface area contributed by atoms with Gasteiger partial charge in [0.25, 0.3) is 0 Å². The minimum absolute atomic E-state index is 0.113. The molecule has 9 heteroatoms. The van der Waals surface area contributed by atoms with Crippen molar-refractivity contribution < 1.29 is 17.9 Å². The number of piperazine rings is 1. The molecule has 0 saturated carbocycles. The second kappa shape index (κ2) is 8.23. The number of rotatable bonds is 5. The molecule has 4 rings (SSSR count). The molecule has 2 heterocycles. The van der Waals surface area contributed by atoms with Gasteiger partial charge >= 0.3 is 0 Å². The van der Waals surface area contributed by atoms with Crippen LogP contribution in [0.5, 0.6) is 5.75 Å². The third-order valence-electron chi connectivity index (χ3n) is 5.19. The minimum Gasteiger partial charge on any atom is -0.497 e. The predicted octanol–water partition coefficient (Wildman–Crippen LogP) is 2.60. The lowest BCUT2D eigenvalue weighted by atomic mass is 10.1. The smallest absolute Gasteiger partial charge is 0.227 e. The molecule has 1 amide bonds. The van der Waals surface area contributed by atoms with Gasteiger partial charge in [-0.2, -0.15) is 0 Å². The number of hydrogen-bond donors (Lipinski definition) is 0. The molecular weight excluding hydrogens is 422 g/mol. The average molecular weight is 446 g/mol. The summed E-state index contributed by atoms with van der Waals surface area (Å²) in [7, 11) is -1.62. The number of methoxy groups -OCH3 is 1. The fourth-order valence-electron chi connectivity index (χ4n) is 3.44. The number of hydrogen-bond acceptors (Lipinski definition) is 7. The number of thiazole rings is 1. The van der Waals surface area contributed by atoms with Gasteiger partial charge in [-0.15, -0.1) is 0 Å². The molecule has 2 aromatic carbocycles. The monoisotopic (exact) mass is 445 g/mol. The van der Waals surface area contributed by atoms with Crippen LogP contribution in [0.25, 0.3) is 10.2 Å². The van der Waals surface area contributed by atoms with Gasteiger partial charge in [0.2, 0.25) is 5.91 Å². The van der Waals surface area contributed by atoms with E-state index in [0.29, 0.717) is 37.5 Å². The lowest BCUT2D eigenvalue weighted by molar-refractivity contribution is -0.130. The van der Waals surface area contributed by atoms with Crippen molar-refractivity contribution in [3.8, 4) is 5.75 Å². The normalized spacial score (nSPS) is 14.9. The number of ether oxygens (including phenoxy) is 1. The highest BCUT2D eigenvalue weighted by Gasteiger charge is 2.23. The van der Waals surface area contributed by atoms with Gasteiger partial charge in [0.05, 0.1) is 28.6 Å². The summed E-state index contributed by atoms with van der Waals surface area (Å²) in [6.07, 6.45) is 1.58. The summed E-state index contributed by atoms with van der Waals surface area (Å²) < 4.78 is 29.6. The zero-order valence-corrected chi connectivity index (χ0v) is 18.5. The number of carbonyl (C=O) groups excluding carboxylic acids is 1. The van der Waals surface area contributed by atoms with Crippen LogP contribution >= 0.6 is 11.3 Å². The SMILES string of the molecule is COc1ccc(CC(=O)N2CCN(c3nc4ccc(S(C)(=O)=O)cc4s3)CC2)cc1. The Hall–Kier alpha value is -2.65. The molecule has 1 aliphatic heterocycles. The molecule has 1 saturated heterocycles. The molecule has 1 aliphatic rings. The fourth-order valence-corrected chi connectivity index (χ4v) is 5.21. The Labute approximate surface area is 179 Å². The van der Waals surface area contributed by atoms with E-state index < -0.39 is 9.84 Å². The van der Waals surface area contributed by atoms with Gasteiger partial charge in [0.15, 0.2) is 15.0 Å². The molecule has 0 aliphatic carbocycles. The molecule has 3 aromatic rings. The van der Waals surface area contributed by atoms with Crippen LogP contribution in [0.2, 0.25) is 0 Å². The number of sulfone groups is 1. The molecule has 0 bridgehead atoms. The standard InChI is InChI=1S/C21H23N3O4S2/c1-28-16-5-3-15(4-6-16)13-20(25)23-9-11-24(12-10-23)21-22-18-8-7-17(30(2,26)27)14-19(18)29-21/h3-8,14H,9-13H2,1-2H3. The van der Waals surface area contributed by atoms with E-state index in [1.807, 2.05) is 29.2 Å². The summed E-state index contributed by atoms with van der Waals surface area (Å²) in [4.78, 5) is 21.6. The lowest BCUT2D eigenvalue weighted by Crippen LogP contribution is -2.49. The maximum absolute atomic E-state index is 12.6. The molecule has 1 aromatic heterocycles. The molecule has 0 spiro atoms. The zero-order valence-electron chi connectivity index (χ0n) is 16.9. The van der Waals surface area contributed by atoms with Crippen LogP contribution in [0.4, 0.5) is 5.13 Å². The second-order valence-electron chi connectivity index (χ2n) is 7.29. The molecule has 1 fully saturated rings. The number of aromatic nitrogens is 1. The van der Waals surface area contributed by atoms with E-state index >= 15 is 0 Å². The van der Waals surface area contributed by atoms with Crippen molar-refractivity contribution in [2.75, 3.05) is 44.4 Å². The number of amides is 1. The van der Waals surface area contributed by atoms with Crippen LogP contribution in [-0.2, 0) is 21.1 Å². The van der Waals surface area contributed by atoms with E-state index in [9.17, 15) is 13.2 Å². The highest BCUT2D eigenvalue weighted by Crippen LogP contribution is 2.31. The molecule has 30 heavy (non-hydrogen) atoms. The molecule has 158 valence electrons. The zero-order chi connectivity index (χ0) is 21.3. The van der Waals surface area contributed by atoms with Gasteiger partial charge in [-0.3, -0.25) is 4.79 Å². The van der Waals surface area contributed by atoms with Crippen LogP contribution in [0, 0.1) is 0 Å². The first kappa shape index (κ1) is 20.6. The fraction of sp³-hybridized carbons (Fsp3) is 0.333. The topological polar surface area (TPSA) is 79.8 Å². The largest absolute Gasteiger partial charge is 0.497 e. The van der Waals surface area contributed by atoms with Crippen LogP contribution in [0.1, 0.15) is 5.56 Å². The third-order valence-corrected chi connectivity index (χ3v) is 7.38. The molecule has 0 N–H and O–H groups in total. The van der Waals surface area contributed by atoms with Gasteiger partial charge in [-0.25, -0.2) is 13.4 Å². The van der Waals surface area contributed by atoms with E-state index in [1.165, 1.54) is 17.6 Å². The van der Waals surface area contributed by atoms with Crippen LogP contribution in [0.3, 0.4) is 0 Å². The van der Waals surface area contributed by atoms with E-state index in [1.54, 1.807) is 25.3 Å². The Kier molecular flexibility index (Phi) is 5.66. The Balaban J connectivity index is 1.39. The van der Waals surface area contributed by atoms with Crippen molar-refractivity contribution in [2.45, 2.75) is 11.3 Å².